The third kappa shape index (κ3) is 3.11. The van der Waals surface area contributed by atoms with E-state index in [0.29, 0.717) is 0 Å². The average Bonchev–Trinajstić information content (AvgIpc) is 2.80. The van der Waals surface area contributed by atoms with Crippen LogP contribution >= 0.6 is 0 Å². The summed E-state index contributed by atoms with van der Waals surface area (Å²) < 4.78 is 1.91. The minimum Gasteiger partial charge on any atom is -0.368 e. The molecule has 0 radical (unpaired) electrons. The highest BCUT2D eigenvalue weighted by molar-refractivity contribution is 5.68. The third-order valence-corrected chi connectivity index (χ3v) is 3.85. The zero-order valence-electron chi connectivity index (χ0n) is 13.5. The lowest BCUT2D eigenvalue weighted by Gasteiger charge is -2.23. The first-order valence-corrected chi connectivity index (χ1v) is 7.32. The summed E-state index contributed by atoms with van der Waals surface area (Å²) in [7, 11) is 0. The van der Waals surface area contributed by atoms with Gasteiger partial charge in [0.15, 0.2) is 5.82 Å². The number of rotatable bonds is 4. The lowest BCUT2D eigenvalue weighted by atomic mass is 9.90. The number of hydrogen-bond acceptors (Lipinski definition) is 3. The fourth-order valence-corrected chi connectivity index (χ4v) is 1.87. The molecule has 2 aromatic heterocycles. The normalized spacial score (nSPS) is 12.9. The standard InChI is InChI=1S/C16H26N4/c1-7-16(5,6)11-18-14-12-10-13(15(2,3)4)19-20(12)9-8-17-14/h8-10H,7,11H2,1-6H3,(H,17,18). The van der Waals surface area contributed by atoms with Crippen molar-refractivity contribution in [2.45, 2.75) is 53.4 Å². The van der Waals surface area contributed by atoms with Crippen molar-refractivity contribution >= 4 is 11.3 Å². The smallest absolute Gasteiger partial charge is 0.152 e. The Morgan fingerprint density at radius 2 is 1.90 bits per heavy atom. The molecule has 0 aliphatic heterocycles. The molecule has 1 N–H and O–H groups in total. The van der Waals surface area contributed by atoms with Crippen molar-refractivity contribution in [3.8, 4) is 0 Å². The van der Waals surface area contributed by atoms with Crippen molar-refractivity contribution in [3.05, 3.63) is 24.2 Å². The fraction of sp³-hybridized carbons (Fsp3) is 0.625. The van der Waals surface area contributed by atoms with E-state index in [-0.39, 0.29) is 10.8 Å². The van der Waals surface area contributed by atoms with Crippen LogP contribution in [0, 0.1) is 5.41 Å². The largest absolute Gasteiger partial charge is 0.368 e. The summed E-state index contributed by atoms with van der Waals surface area (Å²) in [4.78, 5) is 4.47. The summed E-state index contributed by atoms with van der Waals surface area (Å²) in [6.07, 6.45) is 4.84. The third-order valence-electron chi connectivity index (χ3n) is 3.85. The van der Waals surface area contributed by atoms with Crippen LogP contribution < -0.4 is 5.32 Å². The molecule has 4 nitrogen and oxygen atoms in total. The van der Waals surface area contributed by atoms with Crippen LogP contribution in [0.1, 0.15) is 53.7 Å². The number of anilines is 1. The first kappa shape index (κ1) is 14.8. The molecule has 4 heteroatoms. The second-order valence-electron chi connectivity index (χ2n) is 7.26. The molecule has 0 amide bonds. The Hall–Kier alpha value is -1.58. The van der Waals surface area contributed by atoms with Crippen LogP contribution in [0.4, 0.5) is 5.82 Å². The predicted octanol–water partition coefficient (Wildman–Crippen LogP) is 3.87. The van der Waals surface area contributed by atoms with Crippen LogP contribution in [0.15, 0.2) is 18.5 Å². The van der Waals surface area contributed by atoms with Crippen LogP contribution in [0.3, 0.4) is 0 Å². The summed E-state index contributed by atoms with van der Waals surface area (Å²) in [5.41, 5.74) is 2.44. The van der Waals surface area contributed by atoms with Gasteiger partial charge in [-0.05, 0) is 17.9 Å². The van der Waals surface area contributed by atoms with Crippen LogP contribution in [0.2, 0.25) is 0 Å². The lowest BCUT2D eigenvalue weighted by molar-refractivity contribution is 0.376. The highest BCUT2D eigenvalue weighted by atomic mass is 15.2. The van der Waals surface area contributed by atoms with Gasteiger partial charge in [0.1, 0.15) is 5.52 Å². The minimum atomic E-state index is 0.0476. The molecule has 2 aromatic rings. The van der Waals surface area contributed by atoms with E-state index in [4.69, 9.17) is 0 Å². The molecule has 110 valence electrons. The Kier molecular flexibility index (Phi) is 3.76. The number of nitrogens with zero attached hydrogens (tertiary/aromatic N) is 3. The molecule has 20 heavy (non-hydrogen) atoms. The molecule has 0 saturated heterocycles. The van der Waals surface area contributed by atoms with Gasteiger partial charge in [-0.1, -0.05) is 41.5 Å². The zero-order valence-corrected chi connectivity index (χ0v) is 13.5. The van der Waals surface area contributed by atoms with E-state index < -0.39 is 0 Å². The van der Waals surface area contributed by atoms with E-state index in [0.717, 1.165) is 30.0 Å². The Labute approximate surface area is 121 Å². The first-order chi connectivity index (χ1) is 9.23. The molecule has 0 saturated carbocycles. The van der Waals surface area contributed by atoms with Crippen molar-refractivity contribution < 1.29 is 0 Å². The van der Waals surface area contributed by atoms with E-state index in [1.54, 1.807) is 6.20 Å². The van der Waals surface area contributed by atoms with Crippen molar-refractivity contribution in [3.63, 3.8) is 0 Å². The predicted molar refractivity (Wildman–Crippen MR) is 84.2 cm³/mol. The topological polar surface area (TPSA) is 42.2 Å². The van der Waals surface area contributed by atoms with Crippen molar-refractivity contribution in [2.24, 2.45) is 5.41 Å². The fourth-order valence-electron chi connectivity index (χ4n) is 1.87. The number of fused-ring (bicyclic) bond motifs is 1. The van der Waals surface area contributed by atoms with Gasteiger partial charge in [-0.15, -0.1) is 0 Å². The quantitative estimate of drug-likeness (QED) is 0.920. The van der Waals surface area contributed by atoms with Gasteiger partial charge in [0.05, 0.1) is 5.69 Å². The first-order valence-electron chi connectivity index (χ1n) is 7.32. The molecule has 0 aliphatic rings. The highest BCUT2D eigenvalue weighted by Gasteiger charge is 2.20. The van der Waals surface area contributed by atoms with Gasteiger partial charge in [0.25, 0.3) is 0 Å². The molecule has 0 unspecified atom stereocenters. The van der Waals surface area contributed by atoms with E-state index in [1.165, 1.54) is 0 Å². The number of aromatic nitrogens is 3. The molecular weight excluding hydrogens is 248 g/mol. The maximum atomic E-state index is 4.65. The maximum absolute atomic E-state index is 4.65. The molecule has 0 atom stereocenters. The summed E-state index contributed by atoms with van der Waals surface area (Å²) in [5.74, 6) is 0.914. The van der Waals surface area contributed by atoms with E-state index in [9.17, 15) is 0 Å². The average molecular weight is 274 g/mol. The van der Waals surface area contributed by atoms with Crippen LogP contribution in [0.25, 0.3) is 5.52 Å². The van der Waals surface area contributed by atoms with Crippen LogP contribution in [-0.2, 0) is 5.41 Å². The molecule has 0 bridgehead atoms. The number of nitrogens with one attached hydrogen (secondary N) is 1. The Balaban J connectivity index is 2.32. The number of hydrogen-bond donors (Lipinski definition) is 1. The van der Waals surface area contributed by atoms with Gasteiger partial charge >= 0.3 is 0 Å². The summed E-state index contributed by atoms with van der Waals surface area (Å²) in [6, 6.07) is 2.13. The Morgan fingerprint density at radius 3 is 2.50 bits per heavy atom. The highest BCUT2D eigenvalue weighted by Crippen LogP contribution is 2.26. The Morgan fingerprint density at radius 1 is 1.20 bits per heavy atom. The van der Waals surface area contributed by atoms with Gasteiger partial charge in [-0.25, -0.2) is 9.50 Å². The van der Waals surface area contributed by atoms with Crippen molar-refractivity contribution in [1.29, 1.82) is 0 Å². The van der Waals surface area contributed by atoms with Crippen molar-refractivity contribution in [1.82, 2.24) is 14.6 Å². The van der Waals surface area contributed by atoms with Gasteiger partial charge < -0.3 is 5.32 Å². The van der Waals surface area contributed by atoms with Gasteiger partial charge in [0, 0.05) is 24.4 Å². The molecule has 2 heterocycles. The maximum Gasteiger partial charge on any atom is 0.152 e. The summed E-state index contributed by atoms with van der Waals surface area (Å²) in [5, 5.41) is 8.12. The monoisotopic (exact) mass is 274 g/mol. The SMILES string of the molecule is CCC(C)(C)CNc1nccn2nc(C(C)(C)C)cc12. The van der Waals surface area contributed by atoms with Crippen molar-refractivity contribution in [2.75, 3.05) is 11.9 Å². The van der Waals surface area contributed by atoms with E-state index in [2.05, 4.69) is 63.0 Å². The second-order valence-corrected chi connectivity index (χ2v) is 7.26. The molecule has 0 fully saturated rings. The molecular formula is C16H26N4. The lowest BCUT2D eigenvalue weighted by Crippen LogP contribution is -2.22. The zero-order chi connectivity index (χ0) is 15.0. The second kappa shape index (κ2) is 5.08. The molecule has 0 aromatic carbocycles. The molecule has 0 spiro atoms. The minimum absolute atomic E-state index is 0.0476. The van der Waals surface area contributed by atoms with Gasteiger partial charge in [-0.2, -0.15) is 5.10 Å². The summed E-state index contributed by atoms with van der Waals surface area (Å²) >= 11 is 0. The van der Waals surface area contributed by atoms with Gasteiger partial charge in [0.2, 0.25) is 0 Å². The van der Waals surface area contributed by atoms with E-state index in [1.807, 2.05) is 10.7 Å². The summed E-state index contributed by atoms with van der Waals surface area (Å²) in [6.45, 7) is 14.2. The Bertz CT molecular complexity index is 590. The molecule has 0 aliphatic carbocycles. The van der Waals surface area contributed by atoms with Crippen LogP contribution in [0.5, 0.6) is 0 Å². The van der Waals surface area contributed by atoms with Gasteiger partial charge in [-0.3, -0.25) is 0 Å². The van der Waals surface area contributed by atoms with Crippen LogP contribution in [-0.4, -0.2) is 21.1 Å². The molecule has 2 rings (SSSR count). The van der Waals surface area contributed by atoms with E-state index >= 15 is 0 Å².